The molecule has 0 bridgehead atoms. The molecule has 4 heterocycles. The van der Waals surface area contributed by atoms with Crippen molar-refractivity contribution in [1.29, 1.82) is 0 Å². The maximum absolute atomic E-state index is 15.6. The number of rotatable bonds is 9. The Kier molecular flexibility index (Phi) is 9.70. The predicted molar refractivity (Wildman–Crippen MR) is 169 cm³/mol. The molecule has 234 valence electrons. The van der Waals surface area contributed by atoms with E-state index < -0.39 is 15.9 Å². The van der Waals surface area contributed by atoms with E-state index in [4.69, 9.17) is 4.74 Å². The van der Waals surface area contributed by atoms with Crippen LogP contribution in [0.15, 0.2) is 59.0 Å². The molecule has 2 atom stereocenters. The molecule has 3 aliphatic rings. The molecule has 2 aromatic heterocycles. The smallest absolute Gasteiger partial charge is 0.265 e. The number of nitrogens with zero attached hydrogens (tertiary/aromatic N) is 6. The lowest BCUT2D eigenvalue weighted by atomic mass is 9.83. The third-order valence-corrected chi connectivity index (χ3v) is 9.81. The highest BCUT2D eigenvalue weighted by Crippen LogP contribution is 2.38. The molecule has 0 aromatic carbocycles. The molecule has 1 N–H and O–H groups in total. The van der Waals surface area contributed by atoms with Crippen LogP contribution in [0.5, 0.6) is 0 Å². The van der Waals surface area contributed by atoms with E-state index in [1.807, 2.05) is 6.92 Å². The lowest BCUT2D eigenvalue weighted by molar-refractivity contribution is 0.115. The van der Waals surface area contributed by atoms with Crippen molar-refractivity contribution in [1.82, 2.24) is 19.8 Å². The van der Waals surface area contributed by atoms with E-state index in [0.717, 1.165) is 44.0 Å². The molecule has 2 fully saturated rings. The molecule has 10 nitrogen and oxygen atoms in total. The summed E-state index contributed by atoms with van der Waals surface area (Å²) in [4.78, 5) is 17.6. The van der Waals surface area contributed by atoms with E-state index >= 15 is 4.39 Å². The molecule has 5 rings (SSSR count). The summed E-state index contributed by atoms with van der Waals surface area (Å²) < 4.78 is 51.2. The monoisotopic (exact) mass is 613 g/mol. The summed E-state index contributed by atoms with van der Waals surface area (Å²) >= 11 is 0. The fourth-order valence-corrected chi connectivity index (χ4v) is 7.35. The van der Waals surface area contributed by atoms with Gasteiger partial charge in [0.15, 0.2) is 0 Å². The molecule has 2 aliphatic heterocycles. The van der Waals surface area contributed by atoms with Crippen LogP contribution in [0.3, 0.4) is 0 Å². The van der Waals surface area contributed by atoms with E-state index in [1.165, 1.54) is 6.20 Å². The zero-order valence-corrected chi connectivity index (χ0v) is 26.6. The largest absolute Gasteiger partial charge is 0.378 e. The molecule has 2 saturated heterocycles. The second-order valence-electron chi connectivity index (χ2n) is 12.1. The molecule has 0 saturated carbocycles. The summed E-state index contributed by atoms with van der Waals surface area (Å²) in [5, 5.41) is 0. The topological polar surface area (TPSA) is 94.1 Å². The van der Waals surface area contributed by atoms with Gasteiger partial charge in [-0.15, -0.1) is 0 Å². The van der Waals surface area contributed by atoms with Crippen molar-refractivity contribution in [2.75, 3.05) is 87.6 Å². The molecule has 2 unspecified atom stereocenters. The number of hydrogen-bond acceptors (Lipinski definition) is 9. The SMILES string of the molecule is CC1C=C(CN2CCN(C(C)C)CC2)C=C(F)C1c1cc(NS(=O)(=O)c2cc(N3CCOCC3)cnc2N(C)C)ccn1. The molecular formula is C31H44FN7O3S. The summed E-state index contributed by atoms with van der Waals surface area (Å²) in [6, 6.07) is 5.40. The molecule has 1 aliphatic carbocycles. The normalized spacial score (nSPS) is 22.3. The number of nitrogens with one attached hydrogen (secondary N) is 1. The lowest BCUT2D eigenvalue weighted by Gasteiger charge is -2.37. The van der Waals surface area contributed by atoms with Crippen LogP contribution >= 0.6 is 0 Å². The van der Waals surface area contributed by atoms with Crippen LogP contribution < -0.4 is 14.5 Å². The van der Waals surface area contributed by atoms with Crippen LogP contribution in [-0.4, -0.2) is 107 Å². The Morgan fingerprint density at radius 1 is 1.09 bits per heavy atom. The standard InChI is InChI=1S/C31H44FN7O3S/c1-22(2)38-10-8-37(9-11-38)21-24-16-23(3)30(27(32)17-24)28-18-25(6-7-33-28)35-43(40,41)29-19-26(20-34-31(29)36(4)5)39-12-14-42-15-13-39/h6-7,16-20,22-23,30H,8-15,21H2,1-5H3,(H,33,35). The highest BCUT2D eigenvalue weighted by molar-refractivity contribution is 7.92. The van der Waals surface area contributed by atoms with Crippen LogP contribution in [0.4, 0.5) is 21.6 Å². The maximum atomic E-state index is 15.6. The molecule has 0 amide bonds. The fraction of sp³-hybridized carbons (Fsp3) is 0.548. The van der Waals surface area contributed by atoms with E-state index in [1.54, 1.807) is 49.5 Å². The second kappa shape index (κ2) is 13.3. The molecule has 0 radical (unpaired) electrons. The zero-order valence-electron chi connectivity index (χ0n) is 25.8. The van der Waals surface area contributed by atoms with Crippen LogP contribution in [0.2, 0.25) is 0 Å². The number of halogens is 1. The number of allylic oxidation sites excluding steroid dienone is 2. The summed E-state index contributed by atoms with van der Waals surface area (Å²) in [5.74, 6) is -0.645. The Balaban J connectivity index is 1.32. The van der Waals surface area contributed by atoms with Crippen LogP contribution in [0.25, 0.3) is 0 Å². The van der Waals surface area contributed by atoms with Gasteiger partial charge < -0.3 is 14.5 Å². The molecule has 12 heteroatoms. The third kappa shape index (κ3) is 7.36. The van der Waals surface area contributed by atoms with Crippen molar-refractivity contribution in [3.63, 3.8) is 0 Å². The summed E-state index contributed by atoms with van der Waals surface area (Å²) in [6.07, 6.45) is 6.96. The number of sulfonamides is 1. The molecule has 0 spiro atoms. The number of aromatic nitrogens is 2. The summed E-state index contributed by atoms with van der Waals surface area (Å²) in [6.45, 7) is 13.6. The van der Waals surface area contributed by atoms with Crippen LogP contribution in [0, 0.1) is 5.92 Å². The fourth-order valence-electron chi connectivity index (χ4n) is 6.05. The maximum Gasteiger partial charge on any atom is 0.265 e. The van der Waals surface area contributed by atoms with Crippen molar-refractivity contribution in [3.8, 4) is 0 Å². The van der Waals surface area contributed by atoms with E-state index in [-0.39, 0.29) is 16.6 Å². The van der Waals surface area contributed by atoms with Crippen LogP contribution in [-0.2, 0) is 14.8 Å². The Hall–Kier alpha value is -3.06. The quantitative estimate of drug-likeness (QED) is 0.454. The Morgan fingerprint density at radius 3 is 2.47 bits per heavy atom. The highest BCUT2D eigenvalue weighted by atomic mass is 32.2. The summed E-state index contributed by atoms with van der Waals surface area (Å²) in [5.41, 5.74) is 2.50. The minimum absolute atomic E-state index is 0.0683. The van der Waals surface area contributed by atoms with Gasteiger partial charge in [-0.2, -0.15) is 0 Å². The van der Waals surface area contributed by atoms with Crippen LogP contribution in [0.1, 0.15) is 32.4 Å². The molecular weight excluding hydrogens is 569 g/mol. The van der Waals surface area contributed by atoms with Crippen molar-refractivity contribution in [2.24, 2.45) is 5.92 Å². The number of ether oxygens (including phenoxy) is 1. The number of pyridine rings is 2. The first-order valence-electron chi connectivity index (χ1n) is 15.0. The van der Waals surface area contributed by atoms with Gasteiger partial charge in [0.2, 0.25) is 0 Å². The first-order valence-corrected chi connectivity index (χ1v) is 16.5. The predicted octanol–water partition coefficient (Wildman–Crippen LogP) is 3.72. The number of anilines is 3. The molecule has 2 aromatic rings. The minimum atomic E-state index is -4.03. The first-order chi connectivity index (χ1) is 20.5. The lowest BCUT2D eigenvalue weighted by Crippen LogP contribution is -2.49. The summed E-state index contributed by atoms with van der Waals surface area (Å²) in [7, 11) is -0.514. The van der Waals surface area contributed by atoms with Crippen molar-refractivity contribution >= 4 is 27.2 Å². The van der Waals surface area contributed by atoms with Gasteiger partial charge in [0.25, 0.3) is 10.0 Å². The van der Waals surface area contributed by atoms with Crippen molar-refractivity contribution < 1.29 is 17.5 Å². The van der Waals surface area contributed by atoms with E-state index in [0.29, 0.717) is 49.5 Å². The van der Waals surface area contributed by atoms with E-state index in [9.17, 15) is 8.42 Å². The Bertz CT molecular complexity index is 1450. The average molecular weight is 614 g/mol. The number of morpholine rings is 1. The average Bonchev–Trinajstić information content (AvgIpc) is 2.97. The first kappa shape index (κ1) is 31.4. The van der Waals surface area contributed by atoms with Crippen molar-refractivity contribution in [3.05, 3.63) is 59.8 Å². The second-order valence-corrected chi connectivity index (χ2v) is 13.7. The third-order valence-electron chi connectivity index (χ3n) is 8.43. The van der Waals surface area contributed by atoms with Gasteiger partial charge in [-0.3, -0.25) is 19.5 Å². The van der Waals surface area contributed by atoms with Gasteiger partial charge in [0, 0.05) is 72.1 Å². The number of piperazine rings is 1. The van der Waals surface area contributed by atoms with Gasteiger partial charge in [-0.25, -0.2) is 17.8 Å². The molecule has 43 heavy (non-hydrogen) atoms. The van der Waals surface area contributed by atoms with Gasteiger partial charge in [0.05, 0.1) is 42.4 Å². The van der Waals surface area contributed by atoms with Gasteiger partial charge in [-0.1, -0.05) is 13.0 Å². The zero-order chi connectivity index (χ0) is 30.7. The van der Waals surface area contributed by atoms with Gasteiger partial charge in [0.1, 0.15) is 16.5 Å². The van der Waals surface area contributed by atoms with Gasteiger partial charge >= 0.3 is 0 Å². The highest BCUT2D eigenvalue weighted by Gasteiger charge is 2.30. The Labute approximate surface area is 255 Å². The number of hydrogen-bond donors (Lipinski definition) is 1. The Morgan fingerprint density at radius 2 is 1.81 bits per heavy atom. The van der Waals surface area contributed by atoms with Crippen molar-refractivity contribution in [2.45, 2.75) is 37.6 Å². The minimum Gasteiger partial charge on any atom is -0.378 e. The van der Waals surface area contributed by atoms with Gasteiger partial charge in [-0.05, 0) is 49.6 Å². The van der Waals surface area contributed by atoms with E-state index in [2.05, 4.69) is 49.3 Å².